The Morgan fingerprint density at radius 2 is 2.00 bits per heavy atom. The minimum atomic E-state index is 0.447. The number of rotatable bonds is 4. The highest BCUT2D eigenvalue weighted by Crippen LogP contribution is 2.33. The van der Waals surface area contributed by atoms with Gasteiger partial charge in [0.1, 0.15) is 5.75 Å². The quantitative estimate of drug-likeness (QED) is 0.805. The highest BCUT2D eigenvalue weighted by Gasteiger charge is 2.20. The molecule has 18 heavy (non-hydrogen) atoms. The van der Waals surface area contributed by atoms with E-state index in [9.17, 15) is 5.11 Å². The van der Waals surface area contributed by atoms with Gasteiger partial charge in [0.15, 0.2) is 0 Å². The summed E-state index contributed by atoms with van der Waals surface area (Å²) in [6.07, 6.45) is 9.46. The van der Waals surface area contributed by atoms with Crippen molar-refractivity contribution in [1.82, 2.24) is 0 Å². The van der Waals surface area contributed by atoms with Gasteiger partial charge in [0.05, 0.1) is 0 Å². The predicted molar refractivity (Wildman–Crippen MR) is 76.9 cm³/mol. The number of aryl methyl sites for hydroxylation is 2. The minimum absolute atomic E-state index is 0.447. The predicted octanol–water partition coefficient (Wildman–Crippen LogP) is 4.85. The van der Waals surface area contributed by atoms with Crippen LogP contribution >= 0.6 is 0 Å². The first-order valence-electron chi connectivity index (χ1n) is 7.47. The van der Waals surface area contributed by atoms with Crippen LogP contribution in [0.15, 0.2) is 18.2 Å². The van der Waals surface area contributed by atoms with Gasteiger partial charge in [0.25, 0.3) is 0 Å². The van der Waals surface area contributed by atoms with Crippen LogP contribution in [-0.4, -0.2) is 5.11 Å². The average molecular weight is 246 g/mol. The second kappa shape index (κ2) is 6.26. The van der Waals surface area contributed by atoms with Gasteiger partial charge in [-0.15, -0.1) is 0 Å². The first-order chi connectivity index (χ1) is 8.69. The zero-order valence-corrected chi connectivity index (χ0v) is 11.8. The summed E-state index contributed by atoms with van der Waals surface area (Å²) < 4.78 is 0. The van der Waals surface area contributed by atoms with E-state index in [-0.39, 0.29) is 0 Å². The molecule has 1 N–H and O–H groups in total. The maximum atomic E-state index is 9.72. The molecule has 0 aliphatic heterocycles. The van der Waals surface area contributed by atoms with Crippen LogP contribution in [0.2, 0.25) is 0 Å². The molecule has 0 aromatic heterocycles. The number of phenols is 1. The van der Waals surface area contributed by atoms with Crippen molar-refractivity contribution in [2.75, 3.05) is 0 Å². The van der Waals surface area contributed by atoms with Gasteiger partial charge in [-0.2, -0.15) is 0 Å². The first kappa shape index (κ1) is 13.5. The number of phenolic OH excluding ortho intramolecular Hbond substituents is 1. The second-order valence-corrected chi connectivity index (χ2v) is 5.97. The first-order valence-corrected chi connectivity index (χ1v) is 7.47. The molecular weight excluding hydrogens is 220 g/mol. The Morgan fingerprint density at radius 1 is 1.22 bits per heavy atom. The topological polar surface area (TPSA) is 20.2 Å². The van der Waals surface area contributed by atoms with Gasteiger partial charge in [-0.25, -0.2) is 0 Å². The van der Waals surface area contributed by atoms with Crippen molar-refractivity contribution in [3.05, 3.63) is 29.3 Å². The van der Waals surface area contributed by atoms with E-state index in [0.717, 1.165) is 23.8 Å². The Kier molecular flexibility index (Phi) is 4.68. The van der Waals surface area contributed by atoms with Crippen LogP contribution in [0.5, 0.6) is 5.75 Å². The molecule has 1 fully saturated rings. The SMILES string of the molecule is CCC1CCCC(CCc2ccc(C)c(O)c2)C1. The monoisotopic (exact) mass is 246 g/mol. The Hall–Kier alpha value is -0.980. The molecule has 1 heteroatoms. The van der Waals surface area contributed by atoms with Crippen LogP contribution in [0.25, 0.3) is 0 Å². The molecular formula is C17H26O. The minimum Gasteiger partial charge on any atom is -0.508 e. The third-order valence-electron chi connectivity index (χ3n) is 4.58. The van der Waals surface area contributed by atoms with E-state index in [1.54, 1.807) is 0 Å². The van der Waals surface area contributed by atoms with E-state index in [4.69, 9.17) is 0 Å². The zero-order chi connectivity index (χ0) is 13.0. The second-order valence-electron chi connectivity index (χ2n) is 5.97. The van der Waals surface area contributed by atoms with Gasteiger partial charge < -0.3 is 5.11 Å². The van der Waals surface area contributed by atoms with Gasteiger partial charge in [-0.05, 0) is 55.2 Å². The van der Waals surface area contributed by atoms with E-state index in [1.165, 1.54) is 44.1 Å². The summed E-state index contributed by atoms with van der Waals surface area (Å²) in [6, 6.07) is 6.13. The fourth-order valence-corrected chi connectivity index (χ4v) is 3.22. The van der Waals surface area contributed by atoms with Crippen molar-refractivity contribution in [3.63, 3.8) is 0 Å². The third kappa shape index (κ3) is 3.51. The molecule has 1 aromatic rings. The van der Waals surface area contributed by atoms with Gasteiger partial charge in [-0.1, -0.05) is 44.7 Å². The summed E-state index contributed by atoms with van der Waals surface area (Å²) in [6.45, 7) is 4.27. The number of hydrogen-bond acceptors (Lipinski definition) is 1. The third-order valence-corrected chi connectivity index (χ3v) is 4.58. The summed E-state index contributed by atoms with van der Waals surface area (Å²) in [5, 5.41) is 9.72. The van der Waals surface area contributed by atoms with Crippen LogP contribution in [-0.2, 0) is 6.42 Å². The molecule has 2 rings (SSSR count). The highest BCUT2D eigenvalue weighted by atomic mass is 16.3. The molecule has 0 bridgehead atoms. The molecule has 2 unspecified atom stereocenters. The summed E-state index contributed by atoms with van der Waals surface area (Å²) in [7, 11) is 0. The summed E-state index contributed by atoms with van der Waals surface area (Å²) in [5.41, 5.74) is 2.26. The Balaban J connectivity index is 1.85. The van der Waals surface area contributed by atoms with Crippen LogP contribution in [0, 0.1) is 18.8 Å². The lowest BCUT2D eigenvalue weighted by Crippen LogP contribution is -2.15. The van der Waals surface area contributed by atoms with E-state index >= 15 is 0 Å². The van der Waals surface area contributed by atoms with E-state index < -0.39 is 0 Å². The Bertz CT molecular complexity index is 383. The molecule has 100 valence electrons. The maximum absolute atomic E-state index is 9.72. The molecule has 1 aliphatic rings. The average Bonchev–Trinajstić information content (AvgIpc) is 2.40. The Labute approximate surface area is 111 Å². The molecule has 2 atom stereocenters. The van der Waals surface area contributed by atoms with Crippen LogP contribution < -0.4 is 0 Å². The fraction of sp³-hybridized carbons (Fsp3) is 0.647. The van der Waals surface area contributed by atoms with Gasteiger partial charge >= 0.3 is 0 Å². The highest BCUT2D eigenvalue weighted by molar-refractivity contribution is 5.35. The van der Waals surface area contributed by atoms with Crippen molar-refractivity contribution in [2.45, 2.75) is 58.8 Å². The number of hydrogen-bond donors (Lipinski definition) is 1. The molecule has 0 heterocycles. The number of benzene rings is 1. The van der Waals surface area contributed by atoms with Crippen molar-refractivity contribution < 1.29 is 5.11 Å². The molecule has 1 saturated carbocycles. The molecule has 1 aliphatic carbocycles. The lowest BCUT2D eigenvalue weighted by Gasteiger charge is -2.28. The van der Waals surface area contributed by atoms with Crippen LogP contribution in [0.3, 0.4) is 0 Å². The van der Waals surface area contributed by atoms with E-state index in [0.29, 0.717) is 5.75 Å². The molecule has 1 nitrogen and oxygen atoms in total. The van der Waals surface area contributed by atoms with Gasteiger partial charge in [0, 0.05) is 0 Å². The summed E-state index contributed by atoms with van der Waals surface area (Å²) >= 11 is 0. The summed E-state index contributed by atoms with van der Waals surface area (Å²) in [4.78, 5) is 0. The molecule has 0 spiro atoms. The standard InChI is InChI=1S/C17H26O/c1-3-14-5-4-6-15(11-14)9-10-16-8-7-13(2)17(18)12-16/h7-8,12,14-15,18H,3-6,9-11H2,1-2H3. The van der Waals surface area contributed by atoms with E-state index in [1.807, 2.05) is 19.1 Å². The summed E-state index contributed by atoms with van der Waals surface area (Å²) in [5.74, 6) is 2.32. The van der Waals surface area contributed by atoms with Crippen LogP contribution in [0.1, 0.15) is 56.6 Å². The van der Waals surface area contributed by atoms with Crippen molar-refractivity contribution in [1.29, 1.82) is 0 Å². The van der Waals surface area contributed by atoms with Crippen LogP contribution in [0.4, 0.5) is 0 Å². The van der Waals surface area contributed by atoms with Gasteiger partial charge in [-0.3, -0.25) is 0 Å². The lowest BCUT2D eigenvalue weighted by molar-refractivity contribution is 0.250. The van der Waals surface area contributed by atoms with E-state index in [2.05, 4.69) is 13.0 Å². The zero-order valence-electron chi connectivity index (χ0n) is 11.8. The largest absolute Gasteiger partial charge is 0.508 e. The Morgan fingerprint density at radius 3 is 2.72 bits per heavy atom. The fourth-order valence-electron chi connectivity index (χ4n) is 3.22. The molecule has 0 amide bonds. The number of aromatic hydroxyl groups is 1. The van der Waals surface area contributed by atoms with Crippen molar-refractivity contribution in [3.8, 4) is 5.75 Å². The maximum Gasteiger partial charge on any atom is 0.118 e. The van der Waals surface area contributed by atoms with Gasteiger partial charge in [0.2, 0.25) is 0 Å². The lowest BCUT2D eigenvalue weighted by atomic mass is 9.78. The van der Waals surface area contributed by atoms with Crippen molar-refractivity contribution in [2.24, 2.45) is 11.8 Å². The van der Waals surface area contributed by atoms with Crippen molar-refractivity contribution >= 4 is 0 Å². The molecule has 0 saturated heterocycles. The normalized spacial score (nSPS) is 24.1. The molecule has 0 radical (unpaired) electrons. The molecule has 1 aromatic carbocycles. The smallest absolute Gasteiger partial charge is 0.118 e.